The molecule has 0 aromatic heterocycles. The SMILES string of the molecule is CCCN(CCC)C(=O)COCCN1CCN2c3ccccc3Cc3ccccc3C2C1. The predicted molar refractivity (Wildman–Crippen MR) is 130 cm³/mol. The zero-order valence-electron chi connectivity index (χ0n) is 19.6. The molecule has 2 aliphatic heterocycles. The molecule has 32 heavy (non-hydrogen) atoms. The molecule has 2 aromatic carbocycles. The minimum absolute atomic E-state index is 0.118. The van der Waals surface area contributed by atoms with Gasteiger partial charge in [-0.2, -0.15) is 0 Å². The topological polar surface area (TPSA) is 36.0 Å². The number of fused-ring (bicyclic) bond motifs is 5. The van der Waals surface area contributed by atoms with E-state index in [4.69, 9.17) is 4.74 Å². The normalized spacial score (nSPS) is 17.8. The Morgan fingerprint density at radius 2 is 1.72 bits per heavy atom. The summed E-state index contributed by atoms with van der Waals surface area (Å²) in [5.41, 5.74) is 5.67. The van der Waals surface area contributed by atoms with Crippen molar-refractivity contribution in [3.8, 4) is 0 Å². The molecule has 2 aromatic rings. The largest absolute Gasteiger partial charge is 0.370 e. The third-order valence-corrected chi connectivity index (χ3v) is 6.68. The van der Waals surface area contributed by atoms with Gasteiger partial charge in [-0.25, -0.2) is 0 Å². The fourth-order valence-electron chi connectivity index (χ4n) is 5.11. The molecule has 2 aliphatic rings. The Morgan fingerprint density at radius 1 is 1.00 bits per heavy atom. The van der Waals surface area contributed by atoms with Gasteiger partial charge in [0, 0.05) is 45.0 Å². The molecule has 5 nitrogen and oxygen atoms in total. The van der Waals surface area contributed by atoms with Crippen molar-refractivity contribution >= 4 is 11.6 Å². The Bertz CT molecular complexity index is 894. The van der Waals surface area contributed by atoms with Crippen LogP contribution in [0.25, 0.3) is 0 Å². The van der Waals surface area contributed by atoms with Crippen molar-refractivity contribution in [2.24, 2.45) is 0 Å². The Labute approximate surface area is 193 Å². The van der Waals surface area contributed by atoms with Crippen LogP contribution in [-0.2, 0) is 16.0 Å². The standard InChI is InChI=1S/C27H37N3O2/c1-3-13-29(14-4-2)27(31)21-32-18-17-28-15-16-30-25-12-8-6-10-23(25)19-22-9-5-7-11-24(22)26(30)20-28/h5-12,26H,3-4,13-21H2,1-2H3. The van der Waals surface area contributed by atoms with E-state index in [1.807, 2.05) is 4.90 Å². The maximum absolute atomic E-state index is 12.4. The molecule has 0 spiro atoms. The molecular formula is C27H37N3O2. The van der Waals surface area contributed by atoms with Crippen molar-refractivity contribution in [1.82, 2.24) is 9.80 Å². The number of benzene rings is 2. The fourth-order valence-corrected chi connectivity index (χ4v) is 5.11. The van der Waals surface area contributed by atoms with Gasteiger partial charge in [0.25, 0.3) is 0 Å². The van der Waals surface area contributed by atoms with Crippen LogP contribution in [0, 0.1) is 0 Å². The highest BCUT2D eigenvalue weighted by atomic mass is 16.5. The third kappa shape index (κ3) is 5.16. The average Bonchev–Trinajstić information content (AvgIpc) is 2.96. The lowest BCUT2D eigenvalue weighted by atomic mass is 9.96. The van der Waals surface area contributed by atoms with Crippen LogP contribution in [0.15, 0.2) is 48.5 Å². The van der Waals surface area contributed by atoms with E-state index in [1.165, 1.54) is 22.4 Å². The lowest BCUT2D eigenvalue weighted by Gasteiger charge is -2.43. The monoisotopic (exact) mass is 435 g/mol. The van der Waals surface area contributed by atoms with Gasteiger partial charge in [-0.1, -0.05) is 56.3 Å². The molecule has 172 valence electrons. The first-order chi connectivity index (χ1) is 15.7. The Hall–Kier alpha value is -2.37. The second kappa shape index (κ2) is 11.0. The third-order valence-electron chi connectivity index (χ3n) is 6.68. The first kappa shape index (κ1) is 22.8. The second-order valence-corrected chi connectivity index (χ2v) is 8.95. The summed E-state index contributed by atoms with van der Waals surface area (Å²) in [5, 5.41) is 0. The summed E-state index contributed by atoms with van der Waals surface area (Å²) >= 11 is 0. The molecule has 1 atom stereocenters. The minimum Gasteiger partial charge on any atom is -0.370 e. The molecule has 1 amide bonds. The van der Waals surface area contributed by atoms with Gasteiger partial charge in [0.05, 0.1) is 12.6 Å². The van der Waals surface area contributed by atoms with Crippen molar-refractivity contribution in [2.75, 3.05) is 57.4 Å². The molecule has 5 heteroatoms. The van der Waals surface area contributed by atoms with Crippen LogP contribution in [-0.4, -0.2) is 68.2 Å². The number of ether oxygens (including phenoxy) is 1. The van der Waals surface area contributed by atoms with Crippen molar-refractivity contribution in [2.45, 2.75) is 39.2 Å². The maximum Gasteiger partial charge on any atom is 0.248 e. The van der Waals surface area contributed by atoms with E-state index in [9.17, 15) is 4.79 Å². The Kier molecular flexibility index (Phi) is 7.82. The first-order valence-electron chi connectivity index (χ1n) is 12.2. The highest BCUT2D eigenvalue weighted by Crippen LogP contribution is 2.38. The summed E-state index contributed by atoms with van der Waals surface area (Å²) in [4.78, 5) is 19.4. The van der Waals surface area contributed by atoms with Crippen LogP contribution in [0.2, 0.25) is 0 Å². The van der Waals surface area contributed by atoms with Crippen molar-refractivity contribution in [1.29, 1.82) is 0 Å². The summed E-state index contributed by atoms with van der Waals surface area (Å²) in [7, 11) is 0. The van der Waals surface area contributed by atoms with Gasteiger partial charge >= 0.3 is 0 Å². The minimum atomic E-state index is 0.118. The van der Waals surface area contributed by atoms with Crippen LogP contribution in [0.4, 0.5) is 5.69 Å². The number of carbonyl (C=O) groups is 1. The van der Waals surface area contributed by atoms with E-state index in [1.54, 1.807) is 0 Å². The molecule has 1 fully saturated rings. The van der Waals surface area contributed by atoms with E-state index in [-0.39, 0.29) is 12.5 Å². The molecule has 1 saturated heterocycles. The van der Waals surface area contributed by atoms with Gasteiger partial charge in [0.2, 0.25) is 5.91 Å². The summed E-state index contributed by atoms with van der Waals surface area (Å²) in [6.45, 7) is 10.5. The molecule has 4 rings (SSSR count). The van der Waals surface area contributed by atoms with Crippen LogP contribution in [0.3, 0.4) is 0 Å². The fraction of sp³-hybridized carbons (Fsp3) is 0.519. The van der Waals surface area contributed by atoms with E-state index < -0.39 is 0 Å². The summed E-state index contributed by atoms with van der Waals surface area (Å²) in [6.07, 6.45) is 2.97. The van der Waals surface area contributed by atoms with E-state index >= 15 is 0 Å². The smallest absolute Gasteiger partial charge is 0.248 e. The molecule has 2 heterocycles. The van der Waals surface area contributed by atoms with Crippen LogP contribution in [0.5, 0.6) is 0 Å². The zero-order valence-corrected chi connectivity index (χ0v) is 19.6. The Morgan fingerprint density at radius 3 is 2.50 bits per heavy atom. The van der Waals surface area contributed by atoms with Crippen LogP contribution < -0.4 is 4.90 Å². The van der Waals surface area contributed by atoms with Crippen LogP contribution >= 0.6 is 0 Å². The van der Waals surface area contributed by atoms with Gasteiger partial charge in [-0.15, -0.1) is 0 Å². The summed E-state index contributed by atoms with van der Waals surface area (Å²) in [6, 6.07) is 18.1. The number of para-hydroxylation sites is 1. The number of nitrogens with zero attached hydrogens (tertiary/aromatic N) is 3. The van der Waals surface area contributed by atoms with Crippen molar-refractivity contribution in [3.63, 3.8) is 0 Å². The second-order valence-electron chi connectivity index (χ2n) is 8.95. The molecule has 0 saturated carbocycles. The lowest BCUT2D eigenvalue weighted by molar-refractivity contribution is -0.136. The Balaban J connectivity index is 1.36. The molecule has 1 unspecified atom stereocenters. The number of hydrogen-bond acceptors (Lipinski definition) is 4. The quantitative estimate of drug-likeness (QED) is 0.555. The van der Waals surface area contributed by atoms with E-state index in [0.717, 1.165) is 58.5 Å². The van der Waals surface area contributed by atoms with Gasteiger partial charge in [0.15, 0.2) is 0 Å². The highest BCUT2D eigenvalue weighted by molar-refractivity contribution is 5.77. The van der Waals surface area contributed by atoms with Crippen molar-refractivity contribution in [3.05, 3.63) is 65.2 Å². The summed E-state index contributed by atoms with van der Waals surface area (Å²) in [5.74, 6) is 0.118. The van der Waals surface area contributed by atoms with Gasteiger partial charge in [0.1, 0.15) is 6.61 Å². The predicted octanol–water partition coefficient (Wildman–Crippen LogP) is 4.12. The first-order valence-corrected chi connectivity index (χ1v) is 12.2. The summed E-state index contributed by atoms with van der Waals surface area (Å²) < 4.78 is 5.81. The zero-order chi connectivity index (χ0) is 22.3. The molecule has 0 bridgehead atoms. The van der Waals surface area contributed by atoms with E-state index in [0.29, 0.717) is 12.6 Å². The number of hydrogen-bond donors (Lipinski definition) is 0. The number of rotatable bonds is 9. The number of amides is 1. The maximum atomic E-state index is 12.4. The van der Waals surface area contributed by atoms with Crippen LogP contribution in [0.1, 0.15) is 49.4 Å². The number of carbonyl (C=O) groups excluding carboxylic acids is 1. The highest BCUT2D eigenvalue weighted by Gasteiger charge is 2.32. The molecular weight excluding hydrogens is 398 g/mol. The number of anilines is 1. The van der Waals surface area contributed by atoms with Gasteiger partial charge in [-0.3, -0.25) is 9.69 Å². The molecule has 0 radical (unpaired) electrons. The molecule has 0 N–H and O–H groups in total. The van der Waals surface area contributed by atoms with Gasteiger partial charge < -0.3 is 14.5 Å². The lowest BCUT2D eigenvalue weighted by Crippen LogP contribution is -2.49. The number of piperazine rings is 1. The van der Waals surface area contributed by atoms with E-state index in [2.05, 4.69) is 72.2 Å². The van der Waals surface area contributed by atoms with Crippen molar-refractivity contribution < 1.29 is 9.53 Å². The average molecular weight is 436 g/mol. The molecule has 0 aliphatic carbocycles. The van der Waals surface area contributed by atoms with Gasteiger partial charge in [-0.05, 0) is 42.0 Å².